The Morgan fingerprint density at radius 2 is 1.00 bits per heavy atom. The Bertz CT molecular complexity index is 388. The third kappa shape index (κ3) is 8.90. The van der Waals surface area contributed by atoms with Crippen molar-refractivity contribution in [2.24, 2.45) is 0 Å². The SMILES string of the molecule is CC(C)(C)OCCOc1ccccc1OCCOC(C)(C)C. The van der Waals surface area contributed by atoms with Gasteiger partial charge in [0.05, 0.1) is 24.4 Å². The van der Waals surface area contributed by atoms with E-state index in [1.54, 1.807) is 0 Å². The van der Waals surface area contributed by atoms with Gasteiger partial charge < -0.3 is 18.9 Å². The quantitative estimate of drug-likeness (QED) is 0.678. The summed E-state index contributed by atoms with van der Waals surface area (Å²) in [5.41, 5.74) is -0.298. The molecule has 0 amide bonds. The first-order chi connectivity index (χ1) is 10.2. The predicted octanol–water partition coefficient (Wildman–Crippen LogP) is 4.07. The third-order valence-electron chi connectivity index (χ3n) is 2.60. The van der Waals surface area contributed by atoms with Crippen molar-refractivity contribution >= 4 is 0 Å². The van der Waals surface area contributed by atoms with Crippen molar-refractivity contribution in [2.75, 3.05) is 26.4 Å². The zero-order chi connectivity index (χ0) is 16.6. The summed E-state index contributed by atoms with van der Waals surface area (Å²) in [7, 11) is 0. The standard InChI is InChI=1S/C18H30O4/c1-17(2,3)21-13-11-19-15-9-7-8-10-16(15)20-12-14-22-18(4,5)6/h7-10H,11-14H2,1-6H3. The van der Waals surface area contributed by atoms with Gasteiger partial charge in [-0.15, -0.1) is 0 Å². The first-order valence-corrected chi connectivity index (χ1v) is 7.80. The molecular formula is C18H30O4. The van der Waals surface area contributed by atoms with Gasteiger partial charge in [0.15, 0.2) is 11.5 Å². The summed E-state index contributed by atoms with van der Waals surface area (Å²) in [5.74, 6) is 1.46. The second-order valence-corrected chi connectivity index (χ2v) is 7.07. The molecular weight excluding hydrogens is 280 g/mol. The van der Waals surface area contributed by atoms with Crippen LogP contribution in [0.25, 0.3) is 0 Å². The molecule has 0 N–H and O–H groups in total. The molecule has 1 rings (SSSR count). The van der Waals surface area contributed by atoms with E-state index >= 15 is 0 Å². The fourth-order valence-corrected chi connectivity index (χ4v) is 1.69. The monoisotopic (exact) mass is 310 g/mol. The fraction of sp³-hybridized carbons (Fsp3) is 0.667. The average Bonchev–Trinajstić information content (AvgIpc) is 2.39. The summed E-state index contributed by atoms with van der Waals surface area (Å²) >= 11 is 0. The van der Waals surface area contributed by atoms with Crippen LogP contribution in [0.4, 0.5) is 0 Å². The molecule has 0 atom stereocenters. The molecule has 0 aliphatic rings. The summed E-state index contributed by atoms with van der Waals surface area (Å²) in [6.07, 6.45) is 0. The molecule has 1 aromatic carbocycles. The van der Waals surface area contributed by atoms with Crippen molar-refractivity contribution in [2.45, 2.75) is 52.7 Å². The van der Waals surface area contributed by atoms with Crippen molar-refractivity contribution in [3.8, 4) is 11.5 Å². The Balaban J connectivity index is 2.38. The van der Waals surface area contributed by atoms with Gasteiger partial charge in [-0.05, 0) is 53.7 Å². The molecule has 0 bridgehead atoms. The number of benzene rings is 1. The molecule has 0 aromatic heterocycles. The summed E-state index contributed by atoms with van der Waals surface area (Å²) in [6, 6.07) is 7.66. The summed E-state index contributed by atoms with van der Waals surface area (Å²) in [4.78, 5) is 0. The van der Waals surface area contributed by atoms with Gasteiger partial charge in [0.2, 0.25) is 0 Å². The van der Waals surface area contributed by atoms with Crippen LogP contribution in [0.3, 0.4) is 0 Å². The van der Waals surface area contributed by atoms with Crippen LogP contribution in [0, 0.1) is 0 Å². The van der Waals surface area contributed by atoms with E-state index in [1.807, 2.05) is 65.8 Å². The molecule has 0 heterocycles. The predicted molar refractivity (Wildman–Crippen MR) is 88.8 cm³/mol. The van der Waals surface area contributed by atoms with Crippen LogP contribution in [0.15, 0.2) is 24.3 Å². The number of rotatable bonds is 8. The average molecular weight is 310 g/mol. The van der Waals surface area contributed by atoms with Gasteiger partial charge in [-0.25, -0.2) is 0 Å². The van der Waals surface area contributed by atoms with Gasteiger partial charge in [-0.3, -0.25) is 0 Å². The van der Waals surface area contributed by atoms with E-state index in [4.69, 9.17) is 18.9 Å². The third-order valence-corrected chi connectivity index (χ3v) is 2.60. The number of para-hydroxylation sites is 2. The van der Waals surface area contributed by atoms with Crippen molar-refractivity contribution in [3.05, 3.63) is 24.3 Å². The Kier molecular flexibility index (Phi) is 7.17. The fourth-order valence-electron chi connectivity index (χ4n) is 1.69. The molecule has 0 radical (unpaired) electrons. The van der Waals surface area contributed by atoms with Crippen LogP contribution in [-0.4, -0.2) is 37.6 Å². The van der Waals surface area contributed by atoms with Gasteiger partial charge in [-0.1, -0.05) is 12.1 Å². The number of hydrogen-bond acceptors (Lipinski definition) is 4. The first-order valence-electron chi connectivity index (χ1n) is 7.80. The minimum atomic E-state index is -0.149. The first kappa shape index (κ1) is 18.8. The van der Waals surface area contributed by atoms with Crippen molar-refractivity contribution < 1.29 is 18.9 Å². The minimum absolute atomic E-state index is 0.149. The molecule has 0 saturated carbocycles. The Labute approximate surface area is 134 Å². The van der Waals surface area contributed by atoms with E-state index in [1.165, 1.54) is 0 Å². The van der Waals surface area contributed by atoms with Crippen molar-refractivity contribution in [3.63, 3.8) is 0 Å². The van der Waals surface area contributed by atoms with Gasteiger partial charge in [0.25, 0.3) is 0 Å². The van der Waals surface area contributed by atoms with Gasteiger partial charge >= 0.3 is 0 Å². The second kappa shape index (κ2) is 8.39. The molecule has 126 valence electrons. The molecule has 1 aromatic rings. The van der Waals surface area contributed by atoms with Crippen LogP contribution in [0.1, 0.15) is 41.5 Å². The number of ether oxygens (including phenoxy) is 4. The van der Waals surface area contributed by atoms with Crippen molar-refractivity contribution in [1.29, 1.82) is 0 Å². The lowest BCUT2D eigenvalue weighted by atomic mass is 10.2. The maximum absolute atomic E-state index is 5.74. The zero-order valence-corrected chi connectivity index (χ0v) is 14.8. The summed E-state index contributed by atoms with van der Waals surface area (Å²) in [6.45, 7) is 14.2. The highest BCUT2D eigenvalue weighted by Gasteiger charge is 2.11. The minimum Gasteiger partial charge on any atom is -0.487 e. The Hall–Kier alpha value is -1.26. The van der Waals surface area contributed by atoms with Crippen LogP contribution in [-0.2, 0) is 9.47 Å². The molecule has 0 spiro atoms. The Morgan fingerprint density at radius 3 is 1.32 bits per heavy atom. The van der Waals surface area contributed by atoms with E-state index in [9.17, 15) is 0 Å². The smallest absolute Gasteiger partial charge is 0.161 e. The number of hydrogen-bond donors (Lipinski definition) is 0. The molecule has 0 unspecified atom stereocenters. The summed E-state index contributed by atoms with van der Waals surface area (Å²) < 4.78 is 22.8. The van der Waals surface area contributed by atoms with E-state index in [0.717, 1.165) is 11.5 Å². The maximum Gasteiger partial charge on any atom is 0.161 e. The molecule has 0 aliphatic heterocycles. The zero-order valence-electron chi connectivity index (χ0n) is 14.8. The van der Waals surface area contributed by atoms with Gasteiger partial charge in [0, 0.05) is 0 Å². The summed E-state index contributed by atoms with van der Waals surface area (Å²) in [5, 5.41) is 0. The normalized spacial score (nSPS) is 12.3. The van der Waals surface area contributed by atoms with Crippen LogP contribution in [0.2, 0.25) is 0 Å². The van der Waals surface area contributed by atoms with E-state index < -0.39 is 0 Å². The molecule has 0 fully saturated rings. The van der Waals surface area contributed by atoms with Gasteiger partial charge in [-0.2, -0.15) is 0 Å². The van der Waals surface area contributed by atoms with E-state index in [2.05, 4.69) is 0 Å². The highest BCUT2D eigenvalue weighted by atomic mass is 16.6. The lowest BCUT2D eigenvalue weighted by molar-refractivity contribution is -0.0197. The molecule has 0 aliphatic carbocycles. The van der Waals surface area contributed by atoms with Crippen LogP contribution < -0.4 is 9.47 Å². The van der Waals surface area contributed by atoms with E-state index in [-0.39, 0.29) is 11.2 Å². The lowest BCUT2D eigenvalue weighted by Crippen LogP contribution is -2.23. The maximum atomic E-state index is 5.74. The topological polar surface area (TPSA) is 36.9 Å². The van der Waals surface area contributed by atoms with Crippen LogP contribution >= 0.6 is 0 Å². The highest BCUT2D eigenvalue weighted by Crippen LogP contribution is 2.26. The molecule has 22 heavy (non-hydrogen) atoms. The van der Waals surface area contributed by atoms with E-state index in [0.29, 0.717) is 26.4 Å². The lowest BCUT2D eigenvalue weighted by Gasteiger charge is -2.21. The van der Waals surface area contributed by atoms with Crippen molar-refractivity contribution in [1.82, 2.24) is 0 Å². The largest absolute Gasteiger partial charge is 0.487 e. The van der Waals surface area contributed by atoms with Gasteiger partial charge in [0.1, 0.15) is 13.2 Å². The molecule has 4 nitrogen and oxygen atoms in total. The van der Waals surface area contributed by atoms with Crippen LogP contribution in [0.5, 0.6) is 11.5 Å². The molecule has 4 heteroatoms. The highest BCUT2D eigenvalue weighted by molar-refractivity contribution is 5.39. The Morgan fingerprint density at radius 1 is 0.636 bits per heavy atom. The second-order valence-electron chi connectivity index (χ2n) is 7.07. The molecule has 0 saturated heterocycles.